The average molecular weight is 335 g/mol. The van der Waals surface area contributed by atoms with E-state index in [9.17, 15) is 8.42 Å². The molecule has 1 heterocycles. The molecule has 0 saturated heterocycles. The van der Waals surface area contributed by atoms with Crippen LogP contribution >= 0.6 is 23.2 Å². The van der Waals surface area contributed by atoms with Gasteiger partial charge < -0.3 is 0 Å². The van der Waals surface area contributed by atoms with Crippen LogP contribution in [-0.2, 0) is 16.6 Å². The summed E-state index contributed by atoms with van der Waals surface area (Å²) in [4.78, 5) is 3.89. The van der Waals surface area contributed by atoms with Crippen molar-refractivity contribution in [1.82, 2.24) is 19.5 Å². The van der Waals surface area contributed by atoms with E-state index in [1.165, 1.54) is 24.5 Å². The number of aryl methyl sites for hydroxylation is 1. The van der Waals surface area contributed by atoms with Crippen molar-refractivity contribution in [3.63, 3.8) is 0 Å². The molecule has 0 atom stereocenters. The van der Waals surface area contributed by atoms with Crippen LogP contribution < -0.4 is 4.72 Å². The summed E-state index contributed by atoms with van der Waals surface area (Å²) >= 11 is 11.6. The van der Waals surface area contributed by atoms with Gasteiger partial charge in [-0.2, -0.15) is 5.10 Å². The van der Waals surface area contributed by atoms with Gasteiger partial charge in [-0.15, -0.1) is 0 Å². The highest BCUT2D eigenvalue weighted by molar-refractivity contribution is 7.89. The van der Waals surface area contributed by atoms with Crippen LogP contribution in [0.4, 0.5) is 0 Å². The van der Waals surface area contributed by atoms with Crippen LogP contribution in [0.1, 0.15) is 6.42 Å². The van der Waals surface area contributed by atoms with Gasteiger partial charge in [0.2, 0.25) is 10.0 Å². The lowest BCUT2D eigenvalue weighted by Crippen LogP contribution is -2.25. The number of aromatic nitrogens is 3. The monoisotopic (exact) mass is 334 g/mol. The molecule has 0 aliphatic carbocycles. The minimum absolute atomic E-state index is 0.0904. The summed E-state index contributed by atoms with van der Waals surface area (Å²) in [5.41, 5.74) is 0. The number of hydrogen-bond acceptors (Lipinski definition) is 4. The Morgan fingerprint density at radius 3 is 2.70 bits per heavy atom. The van der Waals surface area contributed by atoms with E-state index in [-0.39, 0.29) is 9.92 Å². The van der Waals surface area contributed by atoms with Crippen molar-refractivity contribution in [2.24, 2.45) is 0 Å². The molecule has 9 heteroatoms. The van der Waals surface area contributed by atoms with E-state index in [1.54, 1.807) is 11.0 Å². The number of nitrogens with zero attached hydrogens (tertiary/aromatic N) is 3. The lowest BCUT2D eigenvalue weighted by Gasteiger charge is -2.07. The molecule has 2 aromatic rings. The number of halogens is 2. The zero-order valence-electron chi connectivity index (χ0n) is 10.3. The van der Waals surface area contributed by atoms with Gasteiger partial charge >= 0.3 is 0 Å². The fraction of sp³-hybridized carbons (Fsp3) is 0.273. The zero-order valence-corrected chi connectivity index (χ0v) is 12.7. The van der Waals surface area contributed by atoms with Gasteiger partial charge in [-0.05, 0) is 24.6 Å². The molecule has 0 radical (unpaired) electrons. The van der Waals surface area contributed by atoms with E-state index in [0.29, 0.717) is 24.5 Å². The Kier molecular flexibility index (Phi) is 4.98. The number of nitrogens with one attached hydrogen (secondary N) is 1. The molecule has 0 amide bonds. The third kappa shape index (κ3) is 3.92. The summed E-state index contributed by atoms with van der Waals surface area (Å²) in [6, 6.07) is 4.19. The fourth-order valence-corrected chi connectivity index (χ4v) is 2.99. The smallest absolute Gasteiger partial charge is 0.240 e. The molecule has 1 aromatic heterocycles. The number of benzene rings is 1. The maximum atomic E-state index is 12.0. The molecule has 0 fully saturated rings. The minimum atomic E-state index is -3.58. The van der Waals surface area contributed by atoms with E-state index >= 15 is 0 Å². The van der Waals surface area contributed by atoms with E-state index in [0.717, 1.165) is 0 Å². The largest absolute Gasteiger partial charge is 0.253 e. The first-order valence-electron chi connectivity index (χ1n) is 5.76. The van der Waals surface area contributed by atoms with Crippen molar-refractivity contribution < 1.29 is 8.42 Å². The standard InChI is InChI=1S/C11H12Cl2N4O2S/c12-10-3-2-9(6-11(10)13)20(18,19)16-4-1-5-17-8-14-7-15-17/h2-3,6-8,16H,1,4-5H2. The summed E-state index contributed by atoms with van der Waals surface area (Å²) in [5.74, 6) is 0. The van der Waals surface area contributed by atoms with Crippen LogP contribution in [-0.4, -0.2) is 29.7 Å². The Morgan fingerprint density at radius 2 is 2.05 bits per heavy atom. The summed E-state index contributed by atoms with van der Waals surface area (Å²) < 4.78 is 28.1. The van der Waals surface area contributed by atoms with E-state index in [1.807, 2.05) is 0 Å². The van der Waals surface area contributed by atoms with Crippen molar-refractivity contribution in [2.45, 2.75) is 17.9 Å². The molecule has 20 heavy (non-hydrogen) atoms. The first-order valence-corrected chi connectivity index (χ1v) is 8.00. The maximum Gasteiger partial charge on any atom is 0.240 e. The van der Waals surface area contributed by atoms with Crippen molar-refractivity contribution in [3.05, 3.63) is 40.9 Å². The fourth-order valence-electron chi connectivity index (χ4n) is 1.52. The average Bonchev–Trinajstić information content (AvgIpc) is 2.91. The highest BCUT2D eigenvalue weighted by Gasteiger charge is 2.14. The molecule has 1 N–H and O–H groups in total. The van der Waals surface area contributed by atoms with E-state index < -0.39 is 10.0 Å². The normalized spacial score (nSPS) is 11.7. The molecule has 1 aromatic carbocycles. The van der Waals surface area contributed by atoms with Crippen LogP contribution in [0.5, 0.6) is 0 Å². The SMILES string of the molecule is O=S(=O)(NCCCn1cncn1)c1ccc(Cl)c(Cl)c1. The van der Waals surface area contributed by atoms with Gasteiger partial charge in [0.15, 0.2) is 0 Å². The van der Waals surface area contributed by atoms with Crippen molar-refractivity contribution in [1.29, 1.82) is 0 Å². The Balaban J connectivity index is 1.92. The van der Waals surface area contributed by atoms with Gasteiger partial charge in [-0.25, -0.2) is 18.1 Å². The van der Waals surface area contributed by atoms with Crippen LogP contribution in [0.25, 0.3) is 0 Å². The number of rotatable bonds is 6. The highest BCUT2D eigenvalue weighted by Crippen LogP contribution is 2.24. The summed E-state index contributed by atoms with van der Waals surface area (Å²) in [6.07, 6.45) is 3.61. The molecule has 0 saturated carbocycles. The van der Waals surface area contributed by atoms with Gasteiger partial charge in [0.1, 0.15) is 12.7 Å². The minimum Gasteiger partial charge on any atom is -0.253 e. The quantitative estimate of drug-likeness (QED) is 0.819. The van der Waals surface area contributed by atoms with Crippen LogP contribution in [0.3, 0.4) is 0 Å². The molecule has 108 valence electrons. The zero-order chi connectivity index (χ0) is 14.6. The Bertz CT molecular complexity index is 674. The van der Waals surface area contributed by atoms with Crippen molar-refractivity contribution in [3.8, 4) is 0 Å². The molecule has 6 nitrogen and oxygen atoms in total. The number of hydrogen-bond donors (Lipinski definition) is 1. The predicted molar refractivity (Wildman–Crippen MR) is 76.3 cm³/mol. The van der Waals surface area contributed by atoms with Crippen LogP contribution in [0, 0.1) is 0 Å². The molecule has 0 unspecified atom stereocenters. The Hall–Kier alpha value is -1.15. The molecule has 0 spiro atoms. The summed E-state index contributed by atoms with van der Waals surface area (Å²) in [5, 5.41) is 4.45. The third-order valence-electron chi connectivity index (χ3n) is 2.52. The van der Waals surface area contributed by atoms with Crippen LogP contribution in [0.15, 0.2) is 35.7 Å². The topological polar surface area (TPSA) is 76.9 Å². The van der Waals surface area contributed by atoms with Crippen molar-refractivity contribution >= 4 is 33.2 Å². The van der Waals surface area contributed by atoms with Gasteiger partial charge in [0, 0.05) is 13.1 Å². The second-order valence-corrected chi connectivity index (χ2v) is 6.57. The summed E-state index contributed by atoms with van der Waals surface area (Å²) in [7, 11) is -3.58. The molecule has 0 aliphatic rings. The summed E-state index contributed by atoms with van der Waals surface area (Å²) in [6.45, 7) is 0.881. The first kappa shape index (κ1) is 15.2. The second kappa shape index (κ2) is 6.53. The molecular weight excluding hydrogens is 323 g/mol. The van der Waals surface area contributed by atoms with Crippen LogP contribution in [0.2, 0.25) is 10.0 Å². The van der Waals surface area contributed by atoms with Gasteiger partial charge in [0.05, 0.1) is 14.9 Å². The first-order chi connectivity index (χ1) is 9.49. The van der Waals surface area contributed by atoms with Gasteiger partial charge in [-0.3, -0.25) is 4.68 Å². The number of sulfonamides is 1. The molecule has 2 rings (SSSR count). The highest BCUT2D eigenvalue weighted by atomic mass is 35.5. The lowest BCUT2D eigenvalue weighted by atomic mass is 10.4. The molecule has 0 aliphatic heterocycles. The van der Waals surface area contributed by atoms with Gasteiger partial charge in [-0.1, -0.05) is 23.2 Å². The Labute approximate surface area is 126 Å². The van der Waals surface area contributed by atoms with E-state index in [4.69, 9.17) is 23.2 Å². The molecular formula is C11H12Cl2N4O2S. The van der Waals surface area contributed by atoms with Crippen molar-refractivity contribution in [2.75, 3.05) is 6.54 Å². The van der Waals surface area contributed by atoms with Gasteiger partial charge in [0.25, 0.3) is 0 Å². The third-order valence-corrected chi connectivity index (χ3v) is 4.72. The lowest BCUT2D eigenvalue weighted by molar-refractivity contribution is 0.552. The van der Waals surface area contributed by atoms with E-state index in [2.05, 4.69) is 14.8 Å². The molecule has 0 bridgehead atoms. The second-order valence-electron chi connectivity index (χ2n) is 3.99. The maximum absolute atomic E-state index is 12.0. The predicted octanol–water partition coefficient (Wildman–Crippen LogP) is 1.95. The Morgan fingerprint density at radius 1 is 1.25 bits per heavy atom.